The second-order valence-corrected chi connectivity index (χ2v) is 3.14. The molecule has 0 unspecified atom stereocenters. The lowest BCUT2D eigenvalue weighted by molar-refractivity contribution is -0.114. The highest BCUT2D eigenvalue weighted by atomic mass is 16.1. The van der Waals surface area contributed by atoms with Crippen LogP contribution in [0, 0.1) is 0 Å². The molecule has 4 nitrogen and oxygen atoms in total. The highest BCUT2D eigenvalue weighted by molar-refractivity contribution is 5.93. The van der Waals surface area contributed by atoms with Crippen molar-refractivity contribution < 1.29 is 4.79 Å². The van der Waals surface area contributed by atoms with Gasteiger partial charge >= 0.3 is 0 Å². The predicted molar refractivity (Wildman–Crippen MR) is 49.2 cm³/mol. The van der Waals surface area contributed by atoms with E-state index in [-0.39, 0.29) is 5.78 Å². The van der Waals surface area contributed by atoms with E-state index in [1.807, 2.05) is 19.3 Å². The quantitative estimate of drug-likeness (QED) is 0.735. The Hall–Kier alpha value is -1.58. The summed E-state index contributed by atoms with van der Waals surface area (Å²) in [5, 5.41) is 7.25. The summed E-state index contributed by atoms with van der Waals surface area (Å²) in [7, 11) is 1.86. The molecule has 1 aromatic rings. The van der Waals surface area contributed by atoms with Gasteiger partial charge in [-0.15, -0.1) is 0 Å². The van der Waals surface area contributed by atoms with Gasteiger partial charge in [0.2, 0.25) is 0 Å². The Bertz CT molecular complexity index is 365. The monoisotopic (exact) mass is 177 g/mol. The van der Waals surface area contributed by atoms with E-state index in [2.05, 4.69) is 10.4 Å². The van der Waals surface area contributed by atoms with Gasteiger partial charge in [0.1, 0.15) is 0 Å². The lowest BCUT2D eigenvalue weighted by Gasteiger charge is -2.00. The first-order valence-electron chi connectivity index (χ1n) is 4.24. The van der Waals surface area contributed by atoms with Gasteiger partial charge in [0, 0.05) is 37.5 Å². The summed E-state index contributed by atoms with van der Waals surface area (Å²) in [6.07, 6.45) is 4.93. The number of hydrogen-bond acceptors (Lipinski definition) is 3. The molecule has 1 aliphatic carbocycles. The Morgan fingerprint density at radius 2 is 2.38 bits per heavy atom. The van der Waals surface area contributed by atoms with Crippen LogP contribution in [0.15, 0.2) is 24.0 Å². The number of aromatic nitrogens is 2. The fraction of sp³-hybridized carbons (Fsp3) is 0.333. The molecular weight excluding hydrogens is 166 g/mol. The fourth-order valence-electron chi connectivity index (χ4n) is 1.34. The molecule has 0 aliphatic heterocycles. The van der Waals surface area contributed by atoms with E-state index in [9.17, 15) is 4.79 Å². The molecule has 13 heavy (non-hydrogen) atoms. The summed E-state index contributed by atoms with van der Waals surface area (Å²) in [6, 6.07) is 1.88. The third-order valence-electron chi connectivity index (χ3n) is 1.98. The molecular formula is C9H11N3O. The first-order valence-corrected chi connectivity index (χ1v) is 4.24. The molecule has 0 aromatic carbocycles. The Morgan fingerprint density at radius 3 is 2.92 bits per heavy atom. The summed E-state index contributed by atoms with van der Waals surface area (Å²) < 4.78 is 1.72. The number of nitrogens with zero attached hydrogens (tertiary/aromatic N) is 2. The van der Waals surface area contributed by atoms with Gasteiger partial charge in [-0.3, -0.25) is 9.48 Å². The third kappa shape index (κ3) is 1.77. The van der Waals surface area contributed by atoms with Gasteiger partial charge in [-0.05, 0) is 6.42 Å². The van der Waals surface area contributed by atoms with Crippen LogP contribution in [0.4, 0.5) is 5.82 Å². The minimum Gasteiger partial charge on any atom is -0.342 e. The number of rotatable bonds is 2. The standard InChI is InChI=1S/C9H11N3O/c1-12-5-4-9(11-12)10-7-2-3-8(13)6-7/h4-6H,2-3H2,1H3,(H,10,11). The highest BCUT2D eigenvalue weighted by Gasteiger charge is 2.12. The second-order valence-electron chi connectivity index (χ2n) is 3.14. The van der Waals surface area contributed by atoms with Crippen LogP contribution < -0.4 is 5.32 Å². The maximum absolute atomic E-state index is 10.9. The molecule has 0 fully saturated rings. The zero-order valence-electron chi connectivity index (χ0n) is 7.45. The van der Waals surface area contributed by atoms with Crippen LogP contribution >= 0.6 is 0 Å². The van der Waals surface area contributed by atoms with Crippen LogP contribution in [0.25, 0.3) is 0 Å². The second kappa shape index (κ2) is 3.05. The molecule has 0 saturated carbocycles. The van der Waals surface area contributed by atoms with E-state index in [1.54, 1.807) is 10.8 Å². The van der Waals surface area contributed by atoms with Crippen molar-refractivity contribution in [2.45, 2.75) is 12.8 Å². The van der Waals surface area contributed by atoms with Gasteiger partial charge in [0.05, 0.1) is 0 Å². The number of ketones is 1. The van der Waals surface area contributed by atoms with Crippen molar-refractivity contribution >= 4 is 11.6 Å². The lowest BCUT2D eigenvalue weighted by Crippen LogP contribution is -1.98. The third-order valence-corrected chi connectivity index (χ3v) is 1.98. The van der Waals surface area contributed by atoms with Gasteiger partial charge in [0.25, 0.3) is 0 Å². The topological polar surface area (TPSA) is 46.9 Å². The zero-order chi connectivity index (χ0) is 9.26. The number of carbonyl (C=O) groups is 1. The SMILES string of the molecule is Cn1ccc(NC2=CC(=O)CC2)n1. The minimum absolute atomic E-state index is 0.193. The Balaban J connectivity index is 2.06. The average molecular weight is 177 g/mol. The summed E-state index contributed by atoms with van der Waals surface area (Å²) >= 11 is 0. The number of nitrogens with one attached hydrogen (secondary N) is 1. The summed E-state index contributed by atoms with van der Waals surface area (Å²) in [6.45, 7) is 0. The molecule has 0 radical (unpaired) electrons. The van der Waals surface area contributed by atoms with Crippen molar-refractivity contribution in [2.75, 3.05) is 5.32 Å². The molecule has 1 N–H and O–H groups in total. The normalized spacial score (nSPS) is 16.1. The molecule has 0 bridgehead atoms. The predicted octanol–water partition coefficient (Wildman–Crippen LogP) is 1.08. The van der Waals surface area contributed by atoms with Crippen molar-refractivity contribution in [2.24, 2.45) is 7.05 Å². The summed E-state index contributed by atoms with van der Waals surface area (Å²) in [5.74, 6) is 0.988. The Labute approximate surface area is 76.2 Å². The van der Waals surface area contributed by atoms with Crippen molar-refractivity contribution in [1.82, 2.24) is 9.78 Å². The van der Waals surface area contributed by atoms with Crippen molar-refractivity contribution in [1.29, 1.82) is 0 Å². The van der Waals surface area contributed by atoms with Crippen LogP contribution in [0.3, 0.4) is 0 Å². The van der Waals surface area contributed by atoms with Crippen LogP contribution in [-0.4, -0.2) is 15.6 Å². The van der Waals surface area contributed by atoms with Gasteiger partial charge in [-0.1, -0.05) is 0 Å². The van der Waals surface area contributed by atoms with Gasteiger partial charge in [-0.2, -0.15) is 5.10 Å². The Kier molecular flexibility index (Phi) is 1.88. The van der Waals surface area contributed by atoms with E-state index in [0.717, 1.165) is 17.9 Å². The molecule has 0 spiro atoms. The maximum atomic E-state index is 10.9. The van der Waals surface area contributed by atoms with E-state index in [4.69, 9.17) is 0 Å². The van der Waals surface area contributed by atoms with Crippen LogP contribution in [0.1, 0.15) is 12.8 Å². The van der Waals surface area contributed by atoms with Crippen LogP contribution in [0.5, 0.6) is 0 Å². The highest BCUT2D eigenvalue weighted by Crippen LogP contribution is 2.16. The molecule has 0 saturated heterocycles. The maximum Gasteiger partial charge on any atom is 0.157 e. The summed E-state index contributed by atoms with van der Waals surface area (Å²) in [5.41, 5.74) is 0.962. The largest absolute Gasteiger partial charge is 0.342 e. The van der Waals surface area contributed by atoms with Gasteiger partial charge in [-0.25, -0.2) is 0 Å². The molecule has 0 amide bonds. The lowest BCUT2D eigenvalue weighted by atomic mass is 10.3. The van der Waals surface area contributed by atoms with E-state index in [1.165, 1.54) is 0 Å². The number of aryl methyl sites for hydroxylation is 1. The Morgan fingerprint density at radius 1 is 1.54 bits per heavy atom. The van der Waals surface area contributed by atoms with E-state index < -0.39 is 0 Å². The van der Waals surface area contributed by atoms with Gasteiger partial charge in [0.15, 0.2) is 11.6 Å². The van der Waals surface area contributed by atoms with Crippen LogP contribution in [0.2, 0.25) is 0 Å². The number of carbonyl (C=O) groups excluding carboxylic acids is 1. The number of allylic oxidation sites excluding steroid dienone is 2. The average Bonchev–Trinajstić information content (AvgIpc) is 2.62. The number of anilines is 1. The van der Waals surface area contributed by atoms with Crippen molar-refractivity contribution in [3.8, 4) is 0 Å². The smallest absolute Gasteiger partial charge is 0.157 e. The molecule has 1 aromatic heterocycles. The molecule has 4 heteroatoms. The minimum atomic E-state index is 0.193. The molecule has 1 aliphatic rings. The van der Waals surface area contributed by atoms with Crippen LogP contribution in [-0.2, 0) is 11.8 Å². The van der Waals surface area contributed by atoms with Crippen molar-refractivity contribution in [3.63, 3.8) is 0 Å². The first-order chi connectivity index (χ1) is 6.24. The molecule has 68 valence electrons. The zero-order valence-corrected chi connectivity index (χ0v) is 7.45. The van der Waals surface area contributed by atoms with Gasteiger partial charge < -0.3 is 5.32 Å². The molecule has 0 atom stereocenters. The molecule has 2 rings (SSSR count). The van der Waals surface area contributed by atoms with Crippen molar-refractivity contribution in [3.05, 3.63) is 24.0 Å². The summed E-state index contributed by atoms with van der Waals surface area (Å²) in [4.78, 5) is 10.9. The van der Waals surface area contributed by atoms with E-state index in [0.29, 0.717) is 6.42 Å². The number of hydrogen-bond donors (Lipinski definition) is 1. The van der Waals surface area contributed by atoms with E-state index >= 15 is 0 Å². The molecule has 1 heterocycles. The first kappa shape index (κ1) is 8.04. The fourth-order valence-corrected chi connectivity index (χ4v) is 1.34.